The predicted octanol–water partition coefficient (Wildman–Crippen LogP) is 17.1. The summed E-state index contributed by atoms with van der Waals surface area (Å²) in [5.74, 6) is -0.0597. The van der Waals surface area contributed by atoms with Crippen molar-refractivity contribution < 1.29 is 15.0 Å². The number of aliphatic hydroxyl groups is 2. The average molecular weight is 816 g/mol. The maximum absolute atomic E-state index is 12.4. The highest BCUT2D eigenvalue weighted by Crippen LogP contribution is 2.17. The summed E-state index contributed by atoms with van der Waals surface area (Å²) in [6, 6.07) is -0.619. The van der Waals surface area contributed by atoms with E-state index in [1.807, 2.05) is 6.08 Å². The van der Waals surface area contributed by atoms with Gasteiger partial charge in [-0.3, -0.25) is 4.79 Å². The van der Waals surface area contributed by atoms with E-state index in [1.165, 1.54) is 250 Å². The van der Waals surface area contributed by atoms with Gasteiger partial charge in [-0.1, -0.05) is 269 Å². The summed E-state index contributed by atoms with van der Waals surface area (Å²) < 4.78 is 0. The highest BCUT2D eigenvalue weighted by Gasteiger charge is 2.18. The third kappa shape index (κ3) is 45.9. The van der Waals surface area contributed by atoms with E-state index < -0.39 is 12.1 Å². The Kier molecular flexibility index (Phi) is 49.2. The molecule has 0 saturated carbocycles. The summed E-state index contributed by atoms with van der Waals surface area (Å²) in [5.41, 5.74) is 0. The van der Waals surface area contributed by atoms with Gasteiger partial charge in [-0.05, 0) is 44.9 Å². The van der Waals surface area contributed by atoms with Gasteiger partial charge < -0.3 is 15.5 Å². The van der Waals surface area contributed by atoms with E-state index in [0.717, 1.165) is 25.7 Å². The minimum atomic E-state index is -0.836. The zero-order valence-corrected chi connectivity index (χ0v) is 39.6. The third-order valence-corrected chi connectivity index (χ3v) is 12.4. The standard InChI is InChI=1S/C54H105NO3/c1-3-5-7-9-11-13-15-17-19-21-22-23-24-25-26-27-28-29-30-31-32-33-34-36-38-40-42-44-46-48-50-54(58)55-52(51-56)53(57)49-47-45-43-41-39-37-35-20-18-16-14-12-10-8-6-4-2/h25-26,47,49,52-53,56-57H,3-24,27-46,48,50-51H2,1-2H3,(H,55,58)/b26-25-,49-47+. The first-order chi connectivity index (χ1) is 28.7. The van der Waals surface area contributed by atoms with Crippen LogP contribution in [0.3, 0.4) is 0 Å². The molecule has 0 aliphatic rings. The summed E-state index contributed by atoms with van der Waals surface area (Å²) in [4.78, 5) is 12.4. The molecule has 0 spiro atoms. The van der Waals surface area contributed by atoms with E-state index in [1.54, 1.807) is 6.08 Å². The lowest BCUT2D eigenvalue weighted by Crippen LogP contribution is -2.45. The molecule has 0 aromatic heterocycles. The van der Waals surface area contributed by atoms with Crippen LogP contribution in [0.2, 0.25) is 0 Å². The summed E-state index contributed by atoms with van der Waals surface area (Å²) >= 11 is 0. The summed E-state index contributed by atoms with van der Waals surface area (Å²) in [5, 5.41) is 23.1. The largest absolute Gasteiger partial charge is 0.394 e. The van der Waals surface area contributed by atoms with Gasteiger partial charge in [0.1, 0.15) is 0 Å². The molecule has 1 amide bonds. The molecule has 0 fully saturated rings. The molecule has 0 aromatic rings. The van der Waals surface area contributed by atoms with Crippen LogP contribution < -0.4 is 5.32 Å². The predicted molar refractivity (Wildman–Crippen MR) is 258 cm³/mol. The fraction of sp³-hybridized carbons (Fsp3) is 0.907. The molecule has 0 aliphatic carbocycles. The minimum absolute atomic E-state index is 0.0597. The Morgan fingerprint density at radius 3 is 0.948 bits per heavy atom. The first-order valence-corrected chi connectivity index (χ1v) is 26.6. The number of hydrogen-bond donors (Lipinski definition) is 3. The van der Waals surface area contributed by atoms with E-state index in [2.05, 4.69) is 31.3 Å². The summed E-state index contributed by atoms with van der Waals surface area (Å²) in [7, 11) is 0. The van der Waals surface area contributed by atoms with Gasteiger partial charge in [-0.25, -0.2) is 0 Å². The van der Waals surface area contributed by atoms with Gasteiger partial charge in [0.05, 0.1) is 18.8 Å². The molecule has 0 aromatic carbocycles. The van der Waals surface area contributed by atoms with Crippen LogP contribution in [-0.2, 0) is 4.79 Å². The fourth-order valence-electron chi connectivity index (χ4n) is 8.35. The Hall–Kier alpha value is -1.13. The second kappa shape index (κ2) is 50.2. The number of carbonyl (C=O) groups is 1. The van der Waals surface area contributed by atoms with E-state index >= 15 is 0 Å². The summed E-state index contributed by atoms with van der Waals surface area (Å²) in [6.45, 7) is 4.34. The molecule has 2 atom stereocenters. The Morgan fingerprint density at radius 1 is 0.397 bits per heavy atom. The number of nitrogens with one attached hydrogen (secondary N) is 1. The molecule has 0 bridgehead atoms. The van der Waals surface area contributed by atoms with E-state index in [4.69, 9.17) is 0 Å². The maximum Gasteiger partial charge on any atom is 0.220 e. The Balaban J connectivity index is 3.45. The van der Waals surface area contributed by atoms with Crippen LogP contribution in [0.25, 0.3) is 0 Å². The number of carbonyl (C=O) groups excluding carboxylic acids is 1. The molecule has 0 aliphatic heterocycles. The van der Waals surface area contributed by atoms with Crippen LogP contribution in [0.4, 0.5) is 0 Å². The molecule has 0 heterocycles. The zero-order valence-electron chi connectivity index (χ0n) is 39.6. The van der Waals surface area contributed by atoms with Crippen molar-refractivity contribution in [1.29, 1.82) is 0 Å². The number of aliphatic hydroxyl groups excluding tert-OH is 2. The first-order valence-electron chi connectivity index (χ1n) is 26.6. The van der Waals surface area contributed by atoms with Gasteiger partial charge in [0.15, 0.2) is 0 Å². The average Bonchev–Trinajstić information content (AvgIpc) is 3.23. The normalized spacial score (nSPS) is 13.0. The van der Waals surface area contributed by atoms with Crippen molar-refractivity contribution in [2.75, 3.05) is 6.61 Å². The Morgan fingerprint density at radius 2 is 0.655 bits per heavy atom. The first kappa shape index (κ1) is 56.9. The summed E-state index contributed by atoms with van der Waals surface area (Å²) in [6.07, 6.45) is 66.1. The molecule has 4 heteroatoms. The second-order valence-electron chi connectivity index (χ2n) is 18.3. The number of hydrogen-bond acceptors (Lipinski definition) is 3. The molecule has 3 N–H and O–H groups in total. The van der Waals surface area contributed by atoms with Crippen LogP contribution in [0.5, 0.6) is 0 Å². The van der Waals surface area contributed by atoms with Crippen molar-refractivity contribution in [3.8, 4) is 0 Å². The SMILES string of the molecule is CCCCCCCCCCCCCC/C=C\CCCCCCCCCCCCCCCCC(=O)NC(CO)C(O)/C=C/CCCCCCCCCCCCCCCC. The van der Waals surface area contributed by atoms with Gasteiger partial charge in [-0.2, -0.15) is 0 Å². The van der Waals surface area contributed by atoms with Crippen molar-refractivity contribution in [3.63, 3.8) is 0 Å². The van der Waals surface area contributed by atoms with Gasteiger partial charge in [0.2, 0.25) is 5.91 Å². The molecule has 344 valence electrons. The number of unbranched alkanes of at least 4 members (excludes halogenated alkanes) is 40. The molecule has 2 unspecified atom stereocenters. The van der Waals surface area contributed by atoms with Crippen molar-refractivity contribution in [2.24, 2.45) is 0 Å². The molecule has 0 rings (SSSR count). The van der Waals surface area contributed by atoms with Crippen LogP contribution >= 0.6 is 0 Å². The fourth-order valence-corrected chi connectivity index (χ4v) is 8.35. The lowest BCUT2D eigenvalue weighted by Gasteiger charge is -2.20. The Bertz CT molecular complexity index is 840. The van der Waals surface area contributed by atoms with Gasteiger partial charge >= 0.3 is 0 Å². The molecular formula is C54H105NO3. The smallest absolute Gasteiger partial charge is 0.220 e. The van der Waals surface area contributed by atoms with Crippen molar-refractivity contribution in [3.05, 3.63) is 24.3 Å². The van der Waals surface area contributed by atoms with E-state index in [0.29, 0.717) is 6.42 Å². The molecule has 0 saturated heterocycles. The van der Waals surface area contributed by atoms with Crippen molar-refractivity contribution in [1.82, 2.24) is 5.32 Å². The lowest BCUT2D eigenvalue weighted by atomic mass is 10.0. The van der Waals surface area contributed by atoms with Gasteiger partial charge in [-0.15, -0.1) is 0 Å². The second-order valence-corrected chi connectivity index (χ2v) is 18.3. The lowest BCUT2D eigenvalue weighted by molar-refractivity contribution is -0.123. The molecule has 0 radical (unpaired) electrons. The highest BCUT2D eigenvalue weighted by molar-refractivity contribution is 5.76. The van der Waals surface area contributed by atoms with Crippen LogP contribution in [0.1, 0.15) is 296 Å². The molecule has 4 nitrogen and oxygen atoms in total. The molecular weight excluding hydrogens is 711 g/mol. The van der Waals surface area contributed by atoms with Crippen LogP contribution in [0, 0.1) is 0 Å². The number of allylic oxidation sites excluding steroid dienone is 3. The van der Waals surface area contributed by atoms with Gasteiger partial charge in [0, 0.05) is 6.42 Å². The monoisotopic (exact) mass is 816 g/mol. The maximum atomic E-state index is 12.4. The van der Waals surface area contributed by atoms with Crippen LogP contribution in [0.15, 0.2) is 24.3 Å². The van der Waals surface area contributed by atoms with E-state index in [9.17, 15) is 15.0 Å². The quantitative estimate of drug-likeness (QED) is 0.0423. The van der Waals surface area contributed by atoms with Crippen molar-refractivity contribution in [2.45, 2.75) is 309 Å². The zero-order chi connectivity index (χ0) is 42.1. The van der Waals surface area contributed by atoms with E-state index in [-0.39, 0.29) is 12.5 Å². The van der Waals surface area contributed by atoms with Crippen molar-refractivity contribution >= 4 is 5.91 Å². The van der Waals surface area contributed by atoms with Crippen LogP contribution in [-0.4, -0.2) is 34.9 Å². The number of rotatable bonds is 49. The topological polar surface area (TPSA) is 69.6 Å². The number of amides is 1. The Labute approximate surface area is 364 Å². The van der Waals surface area contributed by atoms with Gasteiger partial charge in [0.25, 0.3) is 0 Å². The minimum Gasteiger partial charge on any atom is -0.394 e. The highest BCUT2D eigenvalue weighted by atomic mass is 16.3. The third-order valence-electron chi connectivity index (χ3n) is 12.4. The molecule has 58 heavy (non-hydrogen) atoms.